The standard InChI is InChI=1S/C29H46N4O5.C7H7F/c1-20(35)25(19-34)33(3)29(37)27(21-9-5-4-6-10-21)32-17-24-15-14-23-12-7-11-22(28(23)38-24)13-8-16-31-26(36)18-30-2;1-6-2-4-7(8)5-3-6/h7,11-12,19-21,24-25,27,30,32,35H,4-6,8-10,13-18H2,1-3H3,(H,31,36);2-5H,1H3. The number of nitrogens with zero attached hydrogens (tertiary/aromatic N) is 1. The monoisotopic (exact) mass is 640 g/mol. The first kappa shape index (κ1) is 37.1. The van der Waals surface area contributed by atoms with Gasteiger partial charge in [0.05, 0.1) is 18.7 Å². The molecule has 2 aromatic rings. The highest BCUT2D eigenvalue weighted by Crippen LogP contribution is 2.33. The first-order valence-corrected chi connectivity index (χ1v) is 16.7. The molecule has 0 radical (unpaired) electrons. The maximum Gasteiger partial charge on any atom is 0.240 e. The molecular weight excluding hydrogens is 587 g/mol. The van der Waals surface area contributed by atoms with Crippen LogP contribution in [0.1, 0.15) is 68.6 Å². The van der Waals surface area contributed by atoms with Crippen LogP contribution in [0.4, 0.5) is 4.39 Å². The molecular formula is C36H53FN4O5. The summed E-state index contributed by atoms with van der Waals surface area (Å²) in [5.41, 5.74) is 3.43. The van der Waals surface area contributed by atoms with Gasteiger partial charge in [0.15, 0.2) is 0 Å². The number of ether oxygens (including phenoxy) is 1. The summed E-state index contributed by atoms with van der Waals surface area (Å²) in [5, 5.41) is 19.3. The molecule has 2 aliphatic rings. The van der Waals surface area contributed by atoms with E-state index in [1.165, 1.54) is 35.9 Å². The molecule has 9 nitrogen and oxygen atoms in total. The summed E-state index contributed by atoms with van der Waals surface area (Å²) >= 11 is 0. The maximum absolute atomic E-state index is 13.5. The molecule has 4 unspecified atom stereocenters. The van der Waals surface area contributed by atoms with Crippen LogP contribution in [0, 0.1) is 18.7 Å². The van der Waals surface area contributed by atoms with Gasteiger partial charge in [0.1, 0.15) is 30.0 Å². The molecule has 46 heavy (non-hydrogen) atoms. The lowest BCUT2D eigenvalue weighted by Crippen LogP contribution is -2.56. The first-order chi connectivity index (χ1) is 22.1. The number of hydrogen-bond donors (Lipinski definition) is 4. The topological polar surface area (TPSA) is 120 Å². The summed E-state index contributed by atoms with van der Waals surface area (Å²) in [6.45, 7) is 4.93. The van der Waals surface area contributed by atoms with Crippen LogP contribution in [-0.4, -0.2) is 86.1 Å². The summed E-state index contributed by atoms with van der Waals surface area (Å²) in [7, 11) is 3.36. The van der Waals surface area contributed by atoms with Crippen molar-refractivity contribution in [2.45, 2.75) is 95.9 Å². The van der Waals surface area contributed by atoms with Gasteiger partial charge in [0.25, 0.3) is 0 Å². The second-order valence-electron chi connectivity index (χ2n) is 12.6. The Hall–Kier alpha value is -3.34. The van der Waals surface area contributed by atoms with E-state index in [9.17, 15) is 23.9 Å². The number of rotatable bonds is 14. The van der Waals surface area contributed by atoms with E-state index in [2.05, 4.69) is 34.1 Å². The van der Waals surface area contributed by atoms with Gasteiger partial charge in [-0.3, -0.25) is 9.59 Å². The van der Waals surface area contributed by atoms with E-state index in [1.54, 1.807) is 26.2 Å². The number of benzene rings is 2. The molecule has 4 rings (SSSR count). The highest BCUT2D eigenvalue weighted by atomic mass is 19.1. The fourth-order valence-electron chi connectivity index (χ4n) is 6.21. The van der Waals surface area contributed by atoms with E-state index in [4.69, 9.17) is 4.74 Å². The molecule has 0 aromatic heterocycles. The van der Waals surface area contributed by atoms with Gasteiger partial charge in [0, 0.05) is 20.1 Å². The zero-order valence-corrected chi connectivity index (χ0v) is 27.9. The fourth-order valence-corrected chi connectivity index (χ4v) is 6.21. The number of aldehydes is 1. The van der Waals surface area contributed by atoms with Crippen molar-refractivity contribution in [2.24, 2.45) is 5.92 Å². The lowest BCUT2D eigenvalue weighted by molar-refractivity contribution is -0.141. The van der Waals surface area contributed by atoms with E-state index in [0.717, 1.165) is 68.2 Å². The molecule has 1 aliphatic heterocycles. The molecule has 1 fully saturated rings. The third-order valence-electron chi connectivity index (χ3n) is 8.87. The Bertz CT molecular complexity index is 1210. The molecule has 2 amide bonds. The average Bonchev–Trinajstić information content (AvgIpc) is 3.05. The quantitative estimate of drug-likeness (QED) is 0.184. The van der Waals surface area contributed by atoms with Crippen molar-refractivity contribution in [1.82, 2.24) is 20.9 Å². The Morgan fingerprint density at radius 1 is 1.11 bits per heavy atom. The number of nitrogens with one attached hydrogen (secondary N) is 3. The summed E-state index contributed by atoms with van der Waals surface area (Å²) in [5.74, 6) is 0.803. The van der Waals surface area contributed by atoms with E-state index in [-0.39, 0.29) is 29.7 Å². The third kappa shape index (κ3) is 11.5. The molecule has 0 bridgehead atoms. The van der Waals surface area contributed by atoms with Crippen LogP contribution >= 0.6 is 0 Å². The van der Waals surface area contributed by atoms with Crippen LogP contribution in [0.3, 0.4) is 0 Å². The minimum absolute atomic E-state index is 0.00870. The van der Waals surface area contributed by atoms with Crippen LogP contribution < -0.4 is 20.7 Å². The minimum Gasteiger partial charge on any atom is -0.489 e. The van der Waals surface area contributed by atoms with Crippen molar-refractivity contribution >= 4 is 18.1 Å². The van der Waals surface area contributed by atoms with Crippen molar-refractivity contribution < 1.29 is 28.6 Å². The number of hydrogen-bond acceptors (Lipinski definition) is 7. The molecule has 254 valence electrons. The smallest absolute Gasteiger partial charge is 0.240 e. The highest BCUT2D eigenvalue weighted by molar-refractivity contribution is 5.85. The average molecular weight is 641 g/mol. The highest BCUT2D eigenvalue weighted by Gasteiger charge is 2.35. The number of halogens is 1. The van der Waals surface area contributed by atoms with Gasteiger partial charge in [-0.15, -0.1) is 0 Å². The van der Waals surface area contributed by atoms with E-state index in [0.29, 0.717) is 25.9 Å². The molecule has 4 N–H and O–H groups in total. The molecule has 10 heteroatoms. The van der Waals surface area contributed by atoms with Crippen molar-refractivity contribution in [3.8, 4) is 5.75 Å². The molecule has 0 spiro atoms. The molecule has 4 atom stereocenters. The minimum atomic E-state index is -0.929. The van der Waals surface area contributed by atoms with Crippen molar-refractivity contribution in [1.29, 1.82) is 0 Å². The van der Waals surface area contributed by atoms with Crippen LogP contribution in [0.5, 0.6) is 5.75 Å². The lowest BCUT2D eigenvalue weighted by atomic mass is 9.83. The zero-order chi connectivity index (χ0) is 33.5. The molecule has 1 saturated carbocycles. The number of amides is 2. The Morgan fingerprint density at radius 2 is 1.83 bits per heavy atom. The number of carbonyl (C=O) groups is 3. The Balaban J connectivity index is 0.000000625. The summed E-state index contributed by atoms with van der Waals surface area (Å²) in [4.78, 5) is 38.2. The van der Waals surface area contributed by atoms with Crippen LogP contribution in [0.25, 0.3) is 0 Å². The second-order valence-corrected chi connectivity index (χ2v) is 12.6. The Kier molecular flexibility index (Phi) is 15.6. The SMILES string of the molecule is CNCC(=O)NCCCc1cccc2c1OC(CNC(C(=O)N(C)C(C=O)C(C)O)C1CCCCC1)CC2.Cc1ccc(F)cc1. The van der Waals surface area contributed by atoms with Crippen molar-refractivity contribution in [3.63, 3.8) is 0 Å². The first-order valence-electron chi connectivity index (χ1n) is 16.7. The van der Waals surface area contributed by atoms with Gasteiger partial charge >= 0.3 is 0 Å². The predicted molar refractivity (Wildman–Crippen MR) is 178 cm³/mol. The van der Waals surface area contributed by atoms with E-state index in [1.807, 2.05) is 6.92 Å². The van der Waals surface area contributed by atoms with Gasteiger partial charge in [0.2, 0.25) is 11.8 Å². The van der Waals surface area contributed by atoms with E-state index < -0.39 is 18.2 Å². The summed E-state index contributed by atoms with van der Waals surface area (Å²) in [6.07, 6.45) is 8.37. The summed E-state index contributed by atoms with van der Waals surface area (Å²) in [6, 6.07) is 11.4. The predicted octanol–water partition coefficient (Wildman–Crippen LogP) is 3.73. The molecule has 1 heterocycles. The molecule has 0 saturated heterocycles. The van der Waals surface area contributed by atoms with Crippen LogP contribution in [0.15, 0.2) is 42.5 Å². The molecule has 2 aromatic carbocycles. The summed E-state index contributed by atoms with van der Waals surface area (Å²) < 4.78 is 18.6. The fraction of sp³-hybridized carbons (Fsp3) is 0.583. The number of likely N-dealkylation sites (N-methyl/N-ethyl adjacent to an activating group) is 2. The maximum atomic E-state index is 13.5. The Morgan fingerprint density at radius 3 is 2.46 bits per heavy atom. The molecule has 1 aliphatic carbocycles. The van der Waals surface area contributed by atoms with Gasteiger partial charge < -0.3 is 35.5 Å². The van der Waals surface area contributed by atoms with E-state index >= 15 is 0 Å². The number of carbonyl (C=O) groups excluding carboxylic acids is 3. The second kappa shape index (κ2) is 19.4. The third-order valence-corrected chi connectivity index (χ3v) is 8.87. The zero-order valence-electron chi connectivity index (χ0n) is 27.9. The lowest BCUT2D eigenvalue weighted by Gasteiger charge is -2.36. The van der Waals surface area contributed by atoms with Gasteiger partial charge in [-0.1, -0.05) is 55.2 Å². The number of para-hydroxylation sites is 1. The van der Waals surface area contributed by atoms with Crippen molar-refractivity contribution in [3.05, 3.63) is 65.0 Å². The van der Waals surface area contributed by atoms with Gasteiger partial charge in [-0.05, 0) is 88.6 Å². The van der Waals surface area contributed by atoms with Gasteiger partial charge in [-0.25, -0.2) is 4.39 Å². The number of fused-ring (bicyclic) bond motifs is 1. The number of aryl methyl sites for hydroxylation is 3. The normalized spacial score (nSPS) is 18.1. The Labute approximate surface area is 273 Å². The van der Waals surface area contributed by atoms with Gasteiger partial charge in [-0.2, -0.15) is 0 Å². The van der Waals surface area contributed by atoms with Crippen LogP contribution in [0.2, 0.25) is 0 Å². The van der Waals surface area contributed by atoms with Crippen molar-refractivity contribution in [2.75, 3.05) is 33.7 Å². The number of aliphatic hydroxyl groups excluding tert-OH is 1. The largest absolute Gasteiger partial charge is 0.489 e. The number of aliphatic hydroxyl groups is 1. The van der Waals surface area contributed by atoms with Crippen LogP contribution in [-0.2, 0) is 27.2 Å².